The third-order valence-electron chi connectivity index (χ3n) is 4.78. The van der Waals surface area contributed by atoms with Crippen molar-refractivity contribution in [1.82, 2.24) is 5.16 Å². The fourth-order valence-electron chi connectivity index (χ4n) is 3.31. The van der Waals surface area contributed by atoms with Crippen molar-refractivity contribution < 1.29 is 9.32 Å². The molecule has 0 spiro atoms. The molecule has 1 amide bonds. The van der Waals surface area contributed by atoms with Crippen LogP contribution in [0.4, 0.5) is 11.4 Å². The van der Waals surface area contributed by atoms with Gasteiger partial charge in [0.15, 0.2) is 11.5 Å². The Morgan fingerprint density at radius 2 is 1.96 bits per heavy atom. The van der Waals surface area contributed by atoms with Crippen LogP contribution in [0.5, 0.6) is 0 Å². The molecular weight excluding hydrogens is 362 g/mol. The lowest BCUT2D eigenvalue weighted by Gasteiger charge is -2.19. The van der Waals surface area contributed by atoms with E-state index in [1.165, 1.54) is 18.5 Å². The summed E-state index contributed by atoms with van der Waals surface area (Å²) in [7, 11) is 0. The zero-order chi connectivity index (χ0) is 18.8. The summed E-state index contributed by atoms with van der Waals surface area (Å²) in [4.78, 5) is 14.9. The number of halogens is 1. The van der Waals surface area contributed by atoms with Gasteiger partial charge in [0, 0.05) is 41.1 Å². The fraction of sp³-hybridized carbons (Fsp3) is 0.238. The van der Waals surface area contributed by atoms with Gasteiger partial charge in [-0.05, 0) is 55.7 Å². The summed E-state index contributed by atoms with van der Waals surface area (Å²) >= 11 is 6.00. The highest BCUT2D eigenvalue weighted by Crippen LogP contribution is 2.27. The highest BCUT2D eigenvalue weighted by atomic mass is 35.5. The van der Waals surface area contributed by atoms with E-state index in [-0.39, 0.29) is 11.6 Å². The van der Waals surface area contributed by atoms with Gasteiger partial charge in [-0.3, -0.25) is 4.79 Å². The Labute approximate surface area is 162 Å². The van der Waals surface area contributed by atoms with E-state index in [1.54, 1.807) is 18.2 Å². The van der Waals surface area contributed by atoms with Crippen molar-refractivity contribution in [2.24, 2.45) is 0 Å². The standard InChI is InChI=1S/C21H20ClN3O2/c1-14-11-17(25-9-2-3-10-25)7-8-18(14)23-21(26)19-13-20(27-24-19)15-5-4-6-16(22)12-15/h4-8,11-13H,2-3,9-10H2,1H3,(H,23,26). The van der Waals surface area contributed by atoms with E-state index in [0.29, 0.717) is 10.8 Å². The fourth-order valence-corrected chi connectivity index (χ4v) is 3.50. The van der Waals surface area contributed by atoms with Gasteiger partial charge in [0.1, 0.15) is 0 Å². The van der Waals surface area contributed by atoms with Gasteiger partial charge in [-0.1, -0.05) is 28.9 Å². The molecular formula is C21H20ClN3O2. The summed E-state index contributed by atoms with van der Waals surface area (Å²) in [5.41, 5.74) is 4.00. The summed E-state index contributed by atoms with van der Waals surface area (Å²) in [5.74, 6) is 0.202. The lowest BCUT2D eigenvalue weighted by Crippen LogP contribution is -2.18. The number of aryl methyl sites for hydroxylation is 1. The number of aromatic nitrogens is 1. The number of hydrogen-bond donors (Lipinski definition) is 1. The molecule has 1 aliphatic rings. The summed E-state index contributed by atoms with van der Waals surface area (Å²) in [5, 5.41) is 7.41. The highest BCUT2D eigenvalue weighted by molar-refractivity contribution is 6.30. The minimum atomic E-state index is -0.302. The smallest absolute Gasteiger partial charge is 0.277 e. The molecule has 0 aliphatic carbocycles. The van der Waals surface area contributed by atoms with Crippen LogP contribution < -0.4 is 10.2 Å². The van der Waals surface area contributed by atoms with Gasteiger partial charge < -0.3 is 14.7 Å². The number of nitrogens with zero attached hydrogens (tertiary/aromatic N) is 2. The molecule has 138 valence electrons. The zero-order valence-electron chi connectivity index (χ0n) is 15.0. The minimum absolute atomic E-state index is 0.230. The van der Waals surface area contributed by atoms with E-state index in [9.17, 15) is 4.79 Å². The molecule has 3 aromatic rings. The second-order valence-corrected chi connectivity index (χ2v) is 7.17. The molecule has 1 aromatic heterocycles. The van der Waals surface area contributed by atoms with Crippen LogP contribution in [0.1, 0.15) is 28.9 Å². The van der Waals surface area contributed by atoms with Gasteiger partial charge >= 0.3 is 0 Å². The van der Waals surface area contributed by atoms with Crippen molar-refractivity contribution in [3.05, 3.63) is 64.8 Å². The molecule has 27 heavy (non-hydrogen) atoms. The number of anilines is 2. The van der Waals surface area contributed by atoms with Crippen LogP contribution in [-0.4, -0.2) is 24.2 Å². The number of benzene rings is 2. The van der Waals surface area contributed by atoms with Crippen molar-refractivity contribution in [1.29, 1.82) is 0 Å². The Morgan fingerprint density at radius 1 is 1.15 bits per heavy atom. The van der Waals surface area contributed by atoms with Crippen LogP contribution in [0.2, 0.25) is 5.02 Å². The number of rotatable bonds is 4. The molecule has 6 heteroatoms. The molecule has 4 rings (SSSR count). The van der Waals surface area contributed by atoms with Crippen LogP contribution in [0, 0.1) is 6.92 Å². The molecule has 2 heterocycles. The molecule has 1 aliphatic heterocycles. The maximum atomic E-state index is 12.5. The van der Waals surface area contributed by atoms with Gasteiger partial charge in [0.25, 0.3) is 5.91 Å². The first kappa shape index (κ1) is 17.6. The van der Waals surface area contributed by atoms with E-state index in [2.05, 4.69) is 21.4 Å². The molecule has 0 atom stereocenters. The second-order valence-electron chi connectivity index (χ2n) is 6.73. The van der Waals surface area contributed by atoms with E-state index < -0.39 is 0 Å². The summed E-state index contributed by atoms with van der Waals surface area (Å²) in [6, 6.07) is 15.0. The minimum Gasteiger partial charge on any atom is -0.372 e. The van der Waals surface area contributed by atoms with Gasteiger partial charge in [0.2, 0.25) is 0 Å². The average Bonchev–Trinajstić information content (AvgIpc) is 3.35. The molecule has 0 saturated carbocycles. The first-order valence-corrected chi connectivity index (χ1v) is 9.37. The first-order chi connectivity index (χ1) is 13.1. The summed E-state index contributed by atoms with van der Waals surface area (Å²) < 4.78 is 5.31. The molecule has 0 bridgehead atoms. The summed E-state index contributed by atoms with van der Waals surface area (Å²) in [6.07, 6.45) is 2.47. The Bertz CT molecular complexity index is 977. The molecule has 0 radical (unpaired) electrons. The molecule has 5 nitrogen and oxygen atoms in total. The predicted octanol–water partition coefficient (Wildman–Crippen LogP) is 5.16. The number of carbonyl (C=O) groups is 1. The largest absolute Gasteiger partial charge is 0.372 e. The van der Waals surface area contributed by atoms with Gasteiger partial charge in [0.05, 0.1) is 0 Å². The summed E-state index contributed by atoms with van der Waals surface area (Å²) in [6.45, 7) is 4.18. The normalized spacial score (nSPS) is 13.8. The molecule has 0 unspecified atom stereocenters. The third-order valence-corrected chi connectivity index (χ3v) is 5.02. The number of hydrogen-bond acceptors (Lipinski definition) is 4. The zero-order valence-corrected chi connectivity index (χ0v) is 15.8. The second kappa shape index (κ2) is 7.45. The third kappa shape index (κ3) is 3.83. The quantitative estimate of drug-likeness (QED) is 0.678. The van der Waals surface area contributed by atoms with Crippen molar-refractivity contribution in [2.45, 2.75) is 19.8 Å². The van der Waals surface area contributed by atoms with Crippen molar-refractivity contribution in [3.63, 3.8) is 0 Å². The SMILES string of the molecule is Cc1cc(N2CCCC2)ccc1NC(=O)c1cc(-c2cccc(Cl)c2)on1. The predicted molar refractivity (Wildman–Crippen MR) is 108 cm³/mol. The molecule has 1 fully saturated rings. The van der Waals surface area contributed by atoms with Crippen LogP contribution in [0.25, 0.3) is 11.3 Å². The van der Waals surface area contributed by atoms with E-state index in [0.717, 1.165) is 29.9 Å². The molecule has 1 saturated heterocycles. The lowest BCUT2D eigenvalue weighted by atomic mass is 10.1. The van der Waals surface area contributed by atoms with Crippen molar-refractivity contribution >= 4 is 28.9 Å². The Morgan fingerprint density at radius 3 is 2.70 bits per heavy atom. The van der Waals surface area contributed by atoms with E-state index >= 15 is 0 Å². The monoisotopic (exact) mass is 381 g/mol. The average molecular weight is 382 g/mol. The topological polar surface area (TPSA) is 58.4 Å². The van der Waals surface area contributed by atoms with Gasteiger partial charge in [-0.25, -0.2) is 0 Å². The number of carbonyl (C=O) groups excluding carboxylic acids is 1. The maximum absolute atomic E-state index is 12.5. The Balaban J connectivity index is 1.49. The molecule has 1 N–H and O–H groups in total. The Hall–Kier alpha value is -2.79. The van der Waals surface area contributed by atoms with E-state index in [1.807, 2.05) is 31.2 Å². The lowest BCUT2D eigenvalue weighted by molar-refractivity contribution is 0.101. The van der Waals surface area contributed by atoms with Gasteiger partial charge in [-0.2, -0.15) is 0 Å². The highest BCUT2D eigenvalue weighted by Gasteiger charge is 2.17. The van der Waals surface area contributed by atoms with Crippen LogP contribution in [0.15, 0.2) is 53.1 Å². The van der Waals surface area contributed by atoms with Crippen LogP contribution in [0.3, 0.4) is 0 Å². The first-order valence-electron chi connectivity index (χ1n) is 9.00. The number of nitrogens with one attached hydrogen (secondary N) is 1. The van der Waals surface area contributed by atoms with E-state index in [4.69, 9.17) is 16.1 Å². The van der Waals surface area contributed by atoms with Gasteiger partial charge in [-0.15, -0.1) is 0 Å². The Kier molecular flexibility index (Phi) is 4.86. The van der Waals surface area contributed by atoms with Crippen LogP contribution in [-0.2, 0) is 0 Å². The van der Waals surface area contributed by atoms with Crippen molar-refractivity contribution in [3.8, 4) is 11.3 Å². The maximum Gasteiger partial charge on any atom is 0.277 e. The van der Waals surface area contributed by atoms with Crippen LogP contribution >= 0.6 is 11.6 Å². The molecule has 2 aromatic carbocycles. The van der Waals surface area contributed by atoms with Crippen molar-refractivity contribution in [2.75, 3.05) is 23.3 Å². The number of amides is 1.